The molecule has 8 nitrogen and oxygen atoms in total. The van der Waals surface area contributed by atoms with Crippen molar-refractivity contribution in [2.75, 3.05) is 37.9 Å². The Hall–Kier alpha value is -3.95. The Kier molecular flexibility index (Phi) is 5.88. The highest BCUT2D eigenvalue weighted by Gasteiger charge is 2.42. The molecule has 2 unspecified atom stereocenters. The highest BCUT2D eigenvalue weighted by atomic mass is 19.1. The van der Waals surface area contributed by atoms with Crippen molar-refractivity contribution in [2.24, 2.45) is 0 Å². The van der Waals surface area contributed by atoms with E-state index in [-0.39, 0.29) is 46.6 Å². The monoisotopic (exact) mass is 481 g/mol. The fourth-order valence-corrected chi connectivity index (χ4v) is 4.93. The first-order chi connectivity index (χ1) is 16.9. The van der Waals surface area contributed by atoms with Crippen LogP contribution in [-0.2, 0) is 4.79 Å². The molecule has 1 amide bonds. The number of benzene rings is 2. The van der Waals surface area contributed by atoms with Gasteiger partial charge < -0.3 is 25.0 Å². The summed E-state index contributed by atoms with van der Waals surface area (Å²) in [6.07, 6.45) is 4.90. The van der Waals surface area contributed by atoms with E-state index in [1.54, 1.807) is 24.3 Å². The molecule has 2 atom stereocenters. The number of hydrogen-bond acceptors (Lipinski definition) is 7. The van der Waals surface area contributed by atoms with Crippen LogP contribution >= 0.6 is 0 Å². The number of halogens is 2. The summed E-state index contributed by atoms with van der Waals surface area (Å²) in [4.78, 5) is 25.7. The molecule has 2 N–H and O–H groups in total. The van der Waals surface area contributed by atoms with E-state index in [1.165, 1.54) is 32.4 Å². The van der Waals surface area contributed by atoms with Crippen LogP contribution in [0.3, 0.4) is 0 Å². The van der Waals surface area contributed by atoms with E-state index in [0.717, 1.165) is 18.4 Å². The van der Waals surface area contributed by atoms with Gasteiger partial charge in [0.05, 0.1) is 26.3 Å². The lowest BCUT2D eigenvalue weighted by atomic mass is 10.1. The van der Waals surface area contributed by atoms with Gasteiger partial charge in [-0.3, -0.25) is 4.79 Å². The number of fused-ring (bicyclic) bond motifs is 3. The molecule has 2 bridgehead atoms. The summed E-state index contributed by atoms with van der Waals surface area (Å²) in [5, 5.41) is 0.339. The van der Waals surface area contributed by atoms with Gasteiger partial charge in [0.15, 0.2) is 17.3 Å². The molecule has 0 spiro atoms. The van der Waals surface area contributed by atoms with E-state index in [0.29, 0.717) is 24.4 Å². The zero-order valence-electron chi connectivity index (χ0n) is 19.4. The van der Waals surface area contributed by atoms with Crippen molar-refractivity contribution in [3.63, 3.8) is 0 Å². The maximum absolute atomic E-state index is 15.2. The summed E-state index contributed by atoms with van der Waals surface area (Å²) in [7, 11) is 2.77. The van der Waals surface area contributed by atoms with Crippen molar-refractivity contribution in [2.45, 2.75) is 24.9 Å². The van der Waals surface area contributed by atoms with Crippen LogP contribution in [0, 0.1) is 11.6 Å². The third kappa shape index (κ3) is 4.09. The number of aromatic nitrogens is 2. The third-order valence-corrected chi connectivity index (χ3v) is 6.60. The van der Waals surface area contributed by atoms with Gasteiger partial charge in [0.1, 0.15) is 17.2 Å². The van der Waals surface area contributed by atoms with Crippen LogP contribution in [-0.4, -0.2) is 60.2 Å². The second kappa shape index (κ2) is 9.01. The standard InChI is InChI=1S/C25H25F2N5O3/c1-34-19-11-18-22(21(27)23(19)35-2)29-25(30-24(18)28)31-12-16-8-9-17(13-31)32(16)20(33)10-5-14-3-6-15(26)7-4-14/h3-7,10-11,16-17H,8-9,12-13H2,1-2H3,(H2,28,29,30)/b10-5+. The topological polar surface area (TPSA) is 93.8 Å². The van der Waals surface area contributed by atoms with Crippen LogP contribution < -0.4 is 20.1 Å². The van der Waals surface area contributed by atoms with Gasteiger partial charge in [0.2, 0.25) is 11.9 Å². The number of nitrogen functional groups attached to an aromatic ring is 1. The molecule has 0 aliphatic carbocycles. The quantitative estimate of drug-likeness (QED) is 0.558. The Balaban J connectivity index is 1.39. The van der Waals surface area contributed by atoms with E-state index in [9.17, 15) is 9.18 Å². The minimum Gasteiger partial charge on any atom is -0.493 e. The molecular formula is C25H25F2N5O3. The summed E-state index contributed by atoms with van der Waals surface area (Å²) in [5.74, 6) is -0.475. The number of piperazine rings is 1. The lowest BCUT2D eigenvalue weighted by Crippen LogP contribution is -2.56. The van der Waals surface area contributed by atoms with Crippen molar-refractivity contribution in [3.05, 3.63) is 53.6 Å². The van der Waals surface area contributed by atoms with Gasteiger partial charge in [-0.15, -0.1) is 0 Å². The van der Waals surface area contributed by atoms with Gasteiger partial charge in [-0.1, -0.05) is 12.1 Å². The summed E-state index contributed by atoms with van der Waals surface area (Å²) in [6.45, 7) is 1.01. The first kappa shape index (κ1) is 22.8. The average molecular weight is 482 g/mol. The Bertz CT molecular complexity index is 1300. The van der Waals surface area contributed by atoms with Crippen LogP contribution in [0.15, 0.2) is 36.4 Å². The SMILES string of the molecule is COc1cc2c(N)nc(N3CC4CCC(C3)N4C(=O)/C=C/c3ccc(F)cc3)nc2c(F)c1OC. The van der Waals surface area contributed by atoms with E-state index >= 15 is 4.39 Å². The van der Waals surface area contributed by atoms with Crippen LogP contribution in [0.4, 0.5) is 20.5 Å². The predicted octanol–water partition coefficient (Wildman–Crippen LogP) is 3.40. The Morgan fingerprint density at radius 1 is 1.09 bits per heavy atom. The lowest BCUT2D eigenvalue weighted by molar-refractivity contribution is -0.129. The van der Waals surface area contributed by atoms with Crippen molar-refractivity contribution in [1.29, 1.82) is 0 Å². The molecule has 2 saturated heterocycles. The normalized spacial score (nSPS) is 19.5. The molecule has 182 valence electrons. The molecule has 2 aromatic carbocycles. The molecule has 10 heteroatoms. The zero-order valence-corrected chi connectivity index (χ0v) is 19.4. The van der Waals surface area contributed by atoms with Gasteiger partial charge >= 0.3 is 0 Å². The number of amides is 1. The summed E-state index contributed by atoms with van der Waals surface area (Å²) in [5.41, 5.74) is 6.98. The Morgan fingerprint density at radius 2 is 1.77 bits per heavy atom. The molecule has 0 radical (unpaired) electrons. The molecule has 5 rings (SSSR count). The zero-order chi connectivity index (χ0) is 24.7. The number of carbonyl (C=O) groups excluding carboxylic acids is 1. The van der Waals surface area contributed by atoms with Crippen LogP contribution in [0.2, 0.25) is 0 Å². The van der Waals surface area contributed by atoms with Gasteiger partial charge in [-0.2, -0.15) is 4.98 Å². The molecular weight excluding hydrogens is 456 g/mol. The molecule has 35 heavy (non-hydrogen) atoms. The van der Waals surface area contributed by atoms with Gasteiger partial charge in [0, 0.05) is 24.6 Å². The third-order valence-electron chi connectivity index (χ3n) is 6.60. The van der Waals surface area contributed by atoms with Crippen LogP contribution in [0.5, 0.6) is 11.5 Å². The minimum atomic E-state index is -0.667. The van der Waals surface area contributed by atoms with Crippen molar-refractivity contribution >= 4 is 34.7 Å². The molecule has 3 heterocycles. The average Bonchev–Trinajstić information content (AvgIpc) is 3.12. The second-order valence-electron chi connectivity index (χ2n) is 8.65. The summed E-state index contributed by atoms with van der Waals surface area (Å²) in [6, 6.07) is 7.45. The fraction of sp³-hybridized carbons (Fsp3) is 0.320. The van der Waals surface area contributed by atoms with Gasteiger partial charge in [-0.25, -0.2) is 13.8 Å². The number of ether oxygens (including phenoxy) is 2. The molecule has 2 aliphatic rings. The molecule has 2 aliphatic heterocycles. The number of nitrogens with zero attached hydrogens (tertiary/aromatic N) is 4. The van der Waals surface area contributed by atoms with Crippen LogP contribution in [0.25, 0.3) is 17.0 Å². The second-order valence-corrected chi connectivity index (χ2v) is 8.65. The van der Waals surface area contributed by atoms with E-state index in [4.69, 9.17) is 15.2 Å². The number of anilines is 2. The first-order valence-electron chi connectivity index (χ1n) is 11.3. The van der Waals surface area contributed by atoms with E-state index < -0.39 is 5.82 Å². The maximum Gasteiger partial charge on any atom is 0.247 e. The molecule has 2 fully saturated rings. The summed E-state index contributed by atoms with van der Waals surface area (Å²) < 4.78 is 38.7. The highest BCUT2D eigenvalue weighted by Crippen LogP contribution is 2.38. The number of nitrogens with two attached hydrogens (primary N) is 1. The number of carbonyl (C=O) groups is 1. The number of hydrogen-bond donors (Lipinski definition) is 1. The summed E-state index contributed by atoms with van der Waals surface area (Å²) >= 11 is 0. The van der Waals surface area contributed by atoms with Crippen LogP contribution in [0.1, 0.15) is 18.4 Å². The van der Waals surface area contributed by atoms with Gasteiger partial charge in [-0.05, 0) is 42.7 Å². The van der Waals surface area contributed by atoms with Crippen molar-refractivity contribution < 1.29 is 23.0 Å². The largest absolute Gasteiger partial charge is 0.493 e. The smallest absolute Gasteiger partial charge is 0.247 e. The Labute approximate surface area is 201 Å². The maximum atomic E-state index is 15.2. The highest BCUT2D eigenvalue weighted by molar-refractivity contribution is 5.93. The predicted molar refractivity (Wildman–Crippen MR) is 128 cm³/mol. The molecule has 0 saturated carbocycles. The Morgan fingerprint density at radius 3 is 2.40 bits per heavy atom. The van der Waals surface area contributed by atoms with E-state index in [1.807, 2.05) is 9.80 Å². The minimum absolute atomic E-state index is 0.0325. The molecule has 1 aromatic heterocycles. The first-order valence-corrected chi connectivity index (χ1v) is 11.3. The number of methoxy groups -OCH3 is 2. The van der Waals surface area contributed by atoms with Crippen molar-refractivity contribution in [3.8, 4) is 11.5 Å². The molecule has 3 aromatic rings. The lowest BCUT2D eigenvalue weighted by Gasteiger charge is -2.40. The fourth-order valence-electron chi connectivity index (χ4n) is 4.93. The van der Waals surface area contributed by atoms with E-state index in [2.05, 4.69) is 9.97 Å². The van der Waals surface area contributed by atoms with Crippen molar-refractivity contribution in [1.82, 2.24) is 14.9 Å². The van der Waals surface area contributed by atoms with Gasteiger partial charge in [0.25, 0.3) is 0 Å². The number of rotatable bonds is 5.